The van der Waals surface area contributed by atoms with Gasteiger partial charge in [0.05, 0.1) is 11.0 Å². The van der Waals surface area contributed by atoms with Gasteiger partial charge in [0.15, 0.2) is 0 Å². The number of aromatic nitrogens is 2. The molecule has 2 unspecified atom stereocenters. The van der Waals surface area contributed by atoms with Gasteiger partial charge in [0.1, 0.15) is 12.2 Å². The average molecular weight is 940 g/mol. The van der Waals surface area contributed by atoms with E-state index in [1.54, 1.807) is 42.6 Å². The van der Waals surface area contributed by atoms with E-state index < -0.39 is 24.5 Å². The van der Waals surface area contributed by atoms with Crippen LogP contribution in [0.4, 0.5) is 14.5 Å². The summed E-state index contributed by atoms with van der Waals surface area (Å²) in [6, 6.07) is 8.61. The van der Waals surface area contributed by atoms with Gasteiger partial charge in [0.2, 0.25) is 23.6 Å². The van der Waals surface area contributed by atoms with Crippen molar-refractivity contribution in [2.75, 3.05) is 64.3 Å². The van der Waals surface area contributed by atoms with Gasteiger partial charge < -0.3 is 36.4 Å². The molecule has 2 aromatic carbocycles. The van der Waals surface area contributed by atoms with Crippen LogP contribution in [0, 0.1) is 5.92 Å². The van der Waals surface area contributed by atoms with Gasteiger partial charge in [-0.2, -0.15) is 0 Å². The monoisotopic (exact) mass is 940 g/mol. The number of rotatable bonds is 14. The molecular formula is C50H67F2N11O5. The van der Waals surface area contributed by atoms with Crippen LogP contribution in [-0.4, -0.2) is 125 Å². The van der Waals surface area contributed by atoms with Gasteiger partial charge in [-0.1, -0.05) is 12.1 Å². The number of nitrogens with one attached hydrogen (secondary N) is 2. The molecule has 0 bridgehead atoms. The van der Waals surface area contributed by atoms with E-state index in [1.165, 1.54) is 17.0 Å². The summed E-state index contributed by atoms with van der Waals surface area (Å²) in [5.41, 5.74) is 19.4. The van der Waals surface area contributed by atoms with Crippen molar-refractivity contribution in [1.29, 1.82) is 0 Å². The van der Waals surface area contributed by atoms with Crippen molar-refractivity contribution in [1.82, 2.24) is 34.5 Å². The van der Waals surface area contributed by atoms with Crippen LogP contribution in [0.2, 0.25) is 0 Å². The standard InChI is InChI=1S/C50H67F2N11O5/c1-31(64)61-25-17-40(39(30-61)48(54)62-19-5-7-34-26-37(35(28-53)29-55-2)38(47(51)52)27-43(34)62)56-36-15-23-60(24-16-36)45(66)18-22-59-20-13-32(14-21-59)9-10-33-6-4-8-41-46(33)58(3)50(68)63(41)42-11-12-44(65)57-49(42)67/h4,6,8,26-29,32,36,42,47-48,56H,5,7,9-25,30,53-54H2,1-3H3,(H,57,65,67). The number of amides is 4. The molecule has 6 N–H and O–H groups in total. The third-order valence-corrected chi connectivity index (χ3v) is 15.0. The van der Waals surface area contributed by atoms with Crippen molar-refractivity contribution in [2.45, 2.75) is 109 Å². The molecular weight excluding hydrogens is 873 g/mol. The summed E-state index contributed by atoms with van der Waals surface area (Å²) in [6.07, 6.45) is 7.85. The molecule has 0 aliphatic carbocycles. The number of hydrogen-bond donors (Lipinski definition) is 4. The maximum absolute atomic E-state index is 14.6. The zero-order chi connectivity index (χ0) is 48.2. The predicted molar refractivity (Wildman–Crippen MR) is 259 cm³/mol. The van der Waals surface area contributed by atoms with Crippen LogP contribution >= 0.6 is 0 Å². The van der Waals surface area contributed by atoms with Crippen LogP contribution in [0.3, 0.4) is 0 Å². The number of imide groups is 1. The average Bonchev–Trinajstić information content (AvgIpc) is 3.59. The number of anilines is 1. The molecule has 18 heteroatoms. The molecule has 68 heavy (non-hydrogen) atoms. The van der Waals surface area contributed by atoms with E-state index in [-0.39, 0.29) is 41.4 Å². The number of carbonyl (C=O) groups is 4. The third-order valence-electron chi connectivity index (χ3n) is 15.0. The molecule has 366 valence electrons. The molecule has 3 aromatic rings. The molecule has 0 saturated carbocycles. The molecule has 8 rings (SSSR count). The summed E-state index contributed by atoms with van der Waals surface area (Å²) in [6.45, 7) is 6.88. The Labute approximate surface area is 396 Å². The normalized spacial score (nSPS) is 21.0. The van der Waals surface area contributed by atoms with E-state index in [9.17, 15) is 32.8 Å². The molecule has 3 saturated heterocycles. The fraction of sp³-hybridized carbons (Fsp3) is 0.560. The lowest BCUT2D eigenvalue weighted by Crippen LogP contribution is -2.53. The molecule has 0 radical (unpaired) electrons. The van der Waals surface area contributed by atoms with Gasteiger partial charge in [-0.25, -0.2) is 13.6 Å². The number of aliphatic imine (C=N–C) groups is 1. The van der Waals surface area contributed by atoms with E-state index in [0.717, 1.165) is 92.5 Å². The maximum Gasteiger partial charge on any atom is 0.329 e. The minimum atomic E-state index is -2.74. The number of carbonyl (C=O) groups excluding carboxylic acids is 4. The summed E-state index contributed by atoms with van der Waals surface area (Å²) in [5, 5.41) is 6.16. The highest BCUT2D eigenvalue weighted by Crippen LogP contribution is 2.39. The van der Waals surface area contributed by atoms with Crippen molar-refractivity contribution < 1.29 is 28.0 Å². The molecule has 5 aliphatic heterocycles. The minimum absolute atomic E-state index is 0.0474. The highest BCUT2D eigenvalue weighted by Gasteiger charge is 2.35. The van der Waals surface area contributed by atoms with Gasteiger partial charge in [0, 0.05) is 126 Å². The largest absolute Gasteiger partial charge is 0.404 e. The Morgan fingerprint density at radius 3 is 2.43 bits per heavy atom. The van der Waals surface area contributed by atoms with E-state index in [0.29, 0.717) is 86.7 Å². The van der Waals surface area contributed by atoms with Crippen molar-refractivity contribution in [3.63, 3.8) is 0 Å². The number of alkyl halides is 2. The van der Waals surface area contributed by atoms with E-state index in [1.807, 2.05) is 21.9 Å². The smallest absolute Gasteiger partial charge is 0.329 e. The van der Waals surface area contributed by atoms with Crippen molar-refractivity contribution in [3.05, 3.63) is 80.5 Å². The SMILES string of the molecule is CN=CC(=CN)c1cc2c(cc1C(F)F)N(C(N)C1=C(NC3CCN(C(=O)CCN4CCC(CCc5cccc6c5n(C)c(=O)n6C5CCC(=O)NC5=O)CC4)CC3)CCN(C(C)=O)C1)CCC2. The number of para-hydroxylation sites is 1. The van der Waals surface area contributed by atoms with Gasteiger partial charge >= 0.3 is 5.69 Å². The first kappa shape index (κ1) is 48.6. The van der Waals surface area contributed by atoms with Gasteiger partial charge in [0.25, 0.3) is 6.43 Å². The Balaban J connectivity index is 0.834. The number of nitrogens with zero attached hydrogens (tertiary/aromatic N) is 7. The Bertz CT molecular complexity index is 2550. The van der Waals surface area contributed by atoms with E-state index in [4.69, 9.17) is 11.5 Å². The Morgan fingerprint density at radius 1 is 0.971 bits per heavy atom. The third kappa shape index (κ3) is 10.3. The molecule has 16 nitrogen and oxygen atoms in total. The highest BCUT2D eigenvalue weighted by molar-refractivity contribution is 6.10. The number of fused-ring (bicyclic) bond motifs is 2. The number of likely N-dealkylation sites (tertiary alicyclic amines) is 2. The fourth-order valence-corrected chi connectivity index (χ4v) is 11.2. The first-order valence-electron chi connectivity index (χ1n) is 24.3. The Morgan fingerprint density at radius 2 is 1.74 bits per heavy atom. The van der Waals surface area contributed by atoms with Crippen LogP contribution in [-0.2, 0) is 39.1 Å². The number of allylic oxidation sites excluding steroid dienone is 1. The summed E-state index contributed by atoms with van der Waals surface area (Å²) < 4.78 is 32.4. The lowest BCUT2D eigenvalue weighted by atomic mass is 9.90. The number of aryl methyl sites for hydroxylation is 3. The Kier molecular flexibility index (Phi) is 15.1. The first-order valence-corrected chi connectivity index (χ1v) is 24.3. The van der Waals surface area contributed by atoms with Crippen molar-refractivity contribution >= 4 is 52.1 Å². The van der Waals surface area contributed by atoms with Gasteiger partial charge in [-0.3, -0.25) is 38.6 Å². The van der Waals surface area contributed by atoms with Gasteiger partial charge in [-0.15, -0.1) is 0 Å². The second-order valence-electron chi connectivity index (χ2n) is 19.2. The quantitative estimate of drug-likeness (QED) is 0.135. The van der Waals surface area contributed by atoms with Crippen LogP contribution in [0.15, 0.2) is 57.6 Å². The number of piperidine rings is 3. The van der Waals surface area contributed by atoms with Crippen LogP contribution in [0.1, 0.15) is 106 Å². The number of benzene rings is 2. The zero-order valence-electron chi connectivity index (χ0n) is 39.7. The van der Waals surface area contributed by atoms with Crippen LogP contribution in [0.25, 0.3) is 16.6 Å². The lowest BCUT2D eigenvalue weighted by Gasteiger charge is -2.42. The second kappa shape index (κ2) is 21.2. The van der Waals surface area contributed by atoms with Gasteiger partial charge in [-0.05, 0) is 112 Å². The molecule has 5 aliphatic rings. The highest BCUT2D eigenvalue weighted by atomic mass is 19.3. The number of halogens is 2. The molecule has 3 fully saturated rings. The van der Waals surface area contributed by atoms with Crippen LogP contribution in [0.5, 0.6) is 0 Å². The molecule has 1 aromatic heterocycles. The summed E-state index contributed by atoms with van der Waals surface area (Å²) in [4.78, 5) is 76.2. The molecule has 2 atom stereocenters. The van der Waals surface area contributed by atoms with E-state index in [2.05, 4.69) is 26.6 Å². The van der Waals surface area contributed by atoms with E-state index >= 15 is 0 Å². The number of imidazole rings is 1. The summed E-state index contributed by atoms with van der Waals surface area (Å²) >= 11 is 0. The second-order valence-corrected chi connectivity index (χ2v) is 19.2. The molecule has 6 heterocycles. The predicted octanol–water partition coefficient (Wildman–Crippen LogP) is 4.11. The number of hydrogen-bond acceptors (Lipinski definition) is 11. The molecule has 4 amide bonds. The fourth-order valence-electron chi connectivity index (χ4n) is 11.2. The van der Waals surface area contributed by atoms with Crippen molar-refractivity contribution in [2.24, 2.45) is 29.4 Å². The maximum atomic E-state index is 14.6. The summed E-state index contributed by atoms with van der Waals surface area (Å²) in [7, 11) is 3.32. The van der Waals surface area contributed by atoms with Crippen molar-refractivity contribution in [3.8, 4) is 0 Å². The minimum Gasteiger partial charge on any atom is -0.404 e. The lowest BCUT2D eigenvalue weighted by molar-refractivity contribution is -0.136. The topological polar surface area (TPSA) is 197 Å². The molecule has 0 spiro atoms. The summed E-state index contributed by atoms with van der Waals surface area (Å²) in [5.74, 6) is -0.109. The first-order chi connectivity index (χ1) is 32.8. The van der Waals surface area contributed by atoms with Crippen LogP contribution < -0.4 is 32.7 Å². The number of nitrogens with two attached hydrogens (primary N) is 2. The zero-order valence-corrected chi connectivity index (χ0v) is 39.7. The Hall–Kier alpha value is -5.88.